The van der Waals surface area contributed by atoms with Crippen LogP contribution in [0.2, 0.25) is 0 Å². The minimum Gasteiger partial charge on any atom is -0.310 e. The molecule has 82 valence electrons. The molecule has 0 radical (unpaired) electrons. The quantitative estimate of drug-likeness (QED) is 0.821. The summed E-state index contributed by atoms with van der Waals surface area (Å²) in [6, 6.07) is 4.01. The van der Waals surface area contributed by atoms with E-state index in [2.05, 4.69) is 21.2 Å². The largest absolute Gasteiger partial charge is 0.310 e. The Balaban J connectivity index is 2.27. The third-order valence-electron chi connectivity index (χ3n) is 3.02. The van der Waals surface area contributed by atoms with Gasteiger partial charge in [-0.1, -0.05) is 22.4 Å². The zero-order valence-corrected chi connectivity index (χ0v) is 10.4. The van der Waals surface area contributed by atoms with Crippen LogP contribution in [0.5, 0.6) is 0 Å². The van der Waals surface area contributed by atoms with E-state index in [0.29, 0.717) is 11.6 Å². The van der Waals surface area contributed by atoms with Crippen molar-refractivity contribution in [3.8, 4) is 0 Å². The average Bonchev–Trinajstić information content (AvgIpc) is 2.26. The van der Waals surface area contributed by atoms with Crippen molar-refractivity contribution in [3.05, 3.63) is 33.5 Å². The van der Waals surface area contributed by atoms with E-state index in [9.17, 15) is 4.39 Å². The number of nitrogens with one attached hydrogen (secondary N) is 1. The van der Waals surface area contributed by atoms with Crippen LogP contribution in [0, 0.1) is 12.7 Å². The van der Waals surface area contributed by atoms with Gasteiger partial charge in [0.15, 0.2) is 0 Å². The third kappa shape index (κ3) is 2.40. The highest BCUT2D eigenvalue weighted by atomic mass is 79.9. The lowest BCUT2D eigenvalue weighted by atomic mass is 9.97. The minimum atomic E-state index is -0.119. The van der Waals surface area contributed by atoms with Crippen molar-refractivity contribution < 1.29 is 4.39 Å². The maximum absolute atomic E-state index is 13.5. The Bertz CT molecular complexity index is 336. The van der Waals surface area contributed by atoms with Crippen LogP contribution >= 0.6 is 15.9 Å². The van der Waals surface area contributed by atoms with Crippen molar-refractivity contribution in [1.82, 2.24) is 5.32 Å². The monoisotopic (exact) mass is 271 g/mol. The fourth-order valence-electron chi connectivity index (χ4n) is 2.00. The zero-order valence-electron chi connectivity index (χ0n) is 8.82. The molecule has 0 spiro atoms. The number of halogens is 2. The van der Waals surface area contributed by atoms with Gasteiger partial charge in [0, 0.05) is 10.5 Å². The number of rotatable bonds is 1. The highest BCUT2D eigenvalue weighted by Gasteiger charge is 2.16. The molecular formula is C12H15BrFN. The second-order valence-corrected chi connectivity index (χ2v) is 4.97. The smallest absolute Gasteiger partial charge is 0.127 e. The SMILES string of the molecule is Cc1c(F)cc(C2CCCCN2)cc1Br. The standard InChI is InChI=1S/C12H15BrFN/c1-8-10(13)6-9(7-11(8)14)12-4-2-3-5-15-12/h6-7,12,15H,2-5H2,1H3. The molecular weight excluding hydrogens is 257 g/mol. The van der Waals surface area contributed by atoms with Gasteiger partial charge in [0.05, 0.1) is 0 Å². The molecule has 0 amide bonds. The molecule has 1 fully saturated rings. The molecule has 1 atom stereocenters. The molecule has 1 saturated heterocycles. The number of hydrogen-bond acceptors (Lipinski definition) is 1. The van der Waals surface area contributed by atoms with Crippen molar-refractivity contribution in [3.63, 3.8) is 0 Å². The first-order valence-corrected chi connectivity index (χ1v) is 6.16. The lowest BCUT2D eigenvalue weighted by molar-refractivity contribution is 0.410. The van der Waals surface area contributed by atoms with Gasteiger partial charge < -0.3 is 5.32 Å². The van der Waals surface area contributed by atoms with E-state index >= 15 is 0 Å². The highest BCUT2D eigenvalue weighted by Crippen LogP contribution is 2.28. The predicted octanol–water partition coefficient (Wildman–Crippen LogP) is 3.71. The Hall–Kier alpha value is -0.410. The lowest BCUT2D eigenvalue weighted by Gasteiger charge is -2.24. The summed E-state index contributed by atoms with van der Waals surface area (Å²) in [6.07, 6.45) is 3.56. The van der Waals surface area contributed by atoms with Crippen LogP contribution < -0.4 is 5.32 Å². The number of hydrogen-bond donors (Lipinski definition) is 1. The number of benzene rings is 1. The first-order chi connectivity index (χ1) is 7.18. The molecule has 1 N–H and O–H groups in total. The van der Waals surface area contributed by atoms with Crippen LogP contribution in [0.3, 0.4) is 0 Å². The van der Waals surface area contributed by atoms with Crippen LogP contribution in [0.25, 0.3) is 0 Å². The Morgan fingerprint density at radius 2 is 2.20 bits per heavy atom. The predicted molar refractivity (Wildman–Crippen MR) is 63.4 cm³/mol. The minimum absolute atomic E-state index is 0.119. The van der Waals surface area contributed by atoms with Gasteiger partial charge in [-0.2, -0.15) is 0 Å². The maximum Gasteiger partial charge on any atom is 0.127 e. The second-order valence-electron chi connectivity index (χ2n) is 4.11. The van der Waals surface area contributed by atoms with E-state index in [1.165, 1.54) is 12.8 Å². The van der Waals surface area contributed by atoms with E-state index < -0.39 is 0 Å². The van der Waals surface area contributed by atoms with Gasteiger partial charge >= 0.3 is 0 Å². The summed E-state index contributed by atoms with van der Waals surface area (Å²) in [5.41, 5.74) is 1.75. The summed E-state index contributed by atoms with van der Waals surface area (Å²) in [5, 5.41) is 3.42. The summed E-state index contributed by atoms with van der Waals surface area (Å²) in [6.45, 7) is 2.83. The second kappa shape index (κ2) is 4.62. The van der Waals surface area contributed by atoms with Crippen LogP contribution in [0.4, 0.5) is 4.39 Å². The molecule has 0 bridgehead atoms. The normalized spacial score (nSPS) is 21.7. The van der Waals surface area contributed by atoms with E-state index in [4.69, 9.17) is 0 Å². The molecule has 1 aromatic rings. The molecule has 3 heteroatoms. The molecule has 15 heavy (non-hydrogen) atoms. The summed E-state index contributed by atoms with van der Waals surface area (Å²) < 4.78 is 14.4. The molecule has 1 unspecified atom stereocenters. The summed E-state index contributed by atoms with van der Waals surface area (Å²) in [4.78, 5) is 0. The van der Waals surface area contributed by atoms with Crippen LogP contribution in [-0.4, -0.2) is 6.54 Å². The number of piperidine rings is 1. The molecule has 0 aromatic heterocycles. The van der Waals surface area contributed by atoms with Crippen molar-refractivity contribution in [2.24, 2.45) is 0 Å². The van der Waals surface area contributed by atoms with E-state index in [-0.39, 0.29) is 5.82 Å². The molecule has 1 heterocycles. The van der Waals surface area contributed by atoms with E-state index in [0.717, 1.165) is 23.0 Å². The first kappa shape index (κ1) is 11.1. The van der Waals surface area contributed by atoms with Gasteiger partial charge in [0.25, 0.3) is 0 Å². The fraction of sp³-hybridized carbons (Fsp3) is 0.500. The Morgan fingerprint density at radius 3 is 2.80 bits per heavy atom. The van der Waals surface area contributed by atoms with Gasteiger partial charge in [-0.05, 0) is 49.6 Å². The van der Waals surface area contributed by atoms with E-state index in [1.54, 1.807) is 13.0 Å². The molecule has 1 nitrogen and oxygen atoms in total. The fourth-order valence-corrected chi connectivity index (χ4v) is 2.46. The maximum atomic E-state index is 13.5. The Kier molecular flexibility index (Phi) is 3.42. The first-order valence-electron chi connectivity index (χ1n) is 5.37. The molecule has 2 rings (SSSR count). The van der Waals surface area contributed by atoms with Crippen LogP contribution in [-0.2, 0) is 0 Å². The zero-order chi connectivity index (χ0) is 10.8. The van der Waals surface area contributed by atoms with Gasteiger partial charge in [-0.3, -0.25) is 0 Å². The lowest BCUT2D eigenvalue weighted by Crippen LogP contribution is -2.26. The summed E-state index contributed by atoms with van der Waals surface area (Å²) in [5.74, 6) is -0.119. The summed E-state index contributed by atoms with van der Waals surface area (Å²) >= 11 is 3.40. The highest BCUT2D eigenvalue weighted by molar-refractivity contribution is 9.10. The van der Waals surface area contributed by atoms with Crippen LogP contribution in [0.15, 0.2) is 16.6 Å². The Morgan fingerprint density at radius 1 is 1.40 bits per heavy atom. The summed E-state index contributed by atoms with van der Waals surface area (Å²) in [7, 11) is 0. The third-order valence-corrected chi connectivity index (χ3v) is 3.84. The van der Waals surface area contributed by atoms with E-state index in [1.807, 2.05) is 6.07 Å². The molecule has 1 aromatic carbocycles. The van der Waals surface area contributed by atoms with Crippen molar-refractivity contribution in [2.45, 2.75) is 32.2 Å². The Labute approximate surface area is 98.2 Å². The molecule has 1 aliphatic heterocycles. The van der Waals surface area contributed by atoms with Crippen molar-refractivity contribution in [2.75, 3.05) is 6.54 Å². The van der Waals surface area contributed by atoms with Gasteiger partial charge in [0.2, 0.25) is 0 Å². The molecule has 0 aliphatic carbocycles. The molecule has 1 aliphatic rings. The van der Waals surface area contributed by atoms with Gasteiger partial charge in [-0.15, -0.1) is 0 Å². The topological polar surface area (TPSA) is 12.0 Å². The van der Waals surface area contributed by atoms with Crippen LogP contribution in [0.1, 0.15) is 36.4 Å². The van der Waals surface area contributed by atoms with Crippen molar-refractivity contribution in [1.29, 1.82) is 0 Å². The average molecular weight is 272 g/mol. The molecule has 0 saturated carbocycles. The van der Waals surface area contributed by atoms with Crippen molar-refractivity contribution >= 4 is 15.9 Å². The van der Waals surface area contributed by atoms with Gasteiger partial charge in [-0.25, -0.2) is 4.39 Å². The van der Waals surface area contributed by atoms with Gasteiger partial charge in [0.1, 0.15) is 5.82 Å².